The Balaban J connectivity index is -0.000000936. The molecule has 0 spiro atoms. The molecule has 0 heterocycles. The molecule has 0 unspecified atom stereocenters. The van der Waals surface area contributed by atoms with Gasteiger partial charge in [0.2, 0.25) is 12.3 Å². The van der Waals surface area contributed by atoms with Crippen molar-refractivity contribution in [2.45, 2.75) is 84.2 Å². The molecule has 6 rings (SSSR count). The number of hydrogen-bond acceptors (Lipinski definition) is 0. The molecule has 1 aliphatic carbocycles. The second kappa shape index (κ2) is 40.3. The van der Waals surface area contributed by atoms with Crippen molar-refractivity contribution in [2.24, 2.45) is 0 Å². The average Bonchev–Trinajstić information content (AvgIpc) is 2.80. The molecule has 86 heavy (non-hydrogen) atoms. The van der Waals surface area contributed by atoms with Crippen LogP contribution in [-0.4, -0.2) is 35.8 Å². The summed E-state index contributed by atoms with van der Waals surface area (Å²) >= 11 is 4.51. The number of unbranched alkanes of at least 4 members (excludes halogenated alkanes) is 4. The Morgan fingerprint density at radius 2 is 0.419 bits per heavy atom. The fraction of sp³-hybridized carbons (Fsp3) is 0.327. The van der Waals surface area contributed by atoms with Gasteiger partial charge in [0.1, 0.15) is 0 Å². The van der Waals surface area contributed by atoms with Gasteiger partial charge in [-0.05, 0) is 25.7 Å². The van der Waals surface area contributed by atoms with Gasteiger partial charge >= 0.3 is 0 Å². The molecule has 34 heteroatoms. The Kier molecular flexibility index (Phi) is 40.2. The van der Waals surface area contributed by atoms with Crippen molar-refractivity contribution in [1.29, 1.82) is 0 Å². The van der Waals surface area contributed by atoms with Crippen LogP contribution in [0.15, 0.2) is 0 Å². The Bertz CT molecular complexity index is 2340. The first-order valence-electron chi connectivity index (χ1n) is 23.0. The summed E-state index contributed by atoms with van der Waals surface area (Å²) in [6, 6.07) is 5.12. The summed E-state index contributed by atoms with van der Waals surface area (Å²) in [6.45, 7) is 15.0. The molecule has 0 bridgehead atoms. The fourth-order valence-corrected chi connectivity index (χ4v) is 5.86. The van der Waals surface area contributed by atoms with Crippen molar-refractivity contribution >= 4 is 11.6 Å². The van der Waals surface area contributed by atoms with E-state index in [1.807, 2.05) is 0 Å². The van der Waals surface area contributed by atoms with Crippen molar-refractivity contribution in [2.75, 3.05) is 26.2 Å². The van der Waals surface area contributed by atoms with Gasteiger partial charge in [-0.25, -0.2) is 79.0 Å². The van der Waals surface area contributed by atoms with Crippen molar-refractivity contribution in [3.63, 3.8) is 0 Å². The predicted octanol–water partition coefficient (Wildman–Crippen LogP) is 18.9. The van der Waals surface area contributed by atoms with Gasteiger partial charge < -0.3 is 10.9 Å². The third-order valence-corrected chi connectivity index (χ3v) is 10.4. The molecule has 5 aromatic carbocycles. The standard InChI is InChI=1S/C16H36N.C6ClF5.5C6F5.2Pt/c1-5-9-13-17(14-10-6-2,15-11-7-3)16-12-8-4;7-6(12)4(10)2(8)1-3(9)5(6)11;5*7-2-1-3(8)5(10)6(11)4(2)9;;/h5-16H2,1-4H3;;;;;;;;/q+1;6*-1;;. The van der Waals surface area contributed by atoms with Crippen molar-refractivity contribution in [1.82, 2.24) is 0 Å². The normalized spacial score (nSPS) is 13.1. The minimum Gasteiger partial charge on any atom is -0.389 e. The number of quaternary nitrogens is 1. The number of alkyl halides is 2. The maximum absolute atomic E-state index is 12.5. The van der Waals surface area contributed by atoms with Crippen LogP contribution in [0.2, 0.25) is 0 Å². The van der Waals surface area contributed by atoms with E-state index >= 15 is 0 Å². The average molecular weight is 1670 g/mol. The van der Waals surface area contributed by atoms with Crippen molar-refractivity contribution in [3.8, 4) is 0 Å². The summed E-state index contributed by atoms with van der Waals surface area (Å²) in [5.74, 6) is -50.2. The molecule has 1 fully saturated rings. The van der Waals surface area contributed by atoms with E-state index in [0.717, 1.165) is 36.8 Å². The van der Waals surface area contributed by atoms with Gasteiger partial charge in [-0.3, -0.25) is 52.7 Å². The molecule has 5 aromatic rings. The zero-order chi connectivity index (χ0) is 65.5. The van der Waals surface area contributed by atoms with Crippen LogP contribution in [0.25, 0.3) is 0 Å². The van der Waals surface area contributed by atoms with Crippen LogP contribution < -0.4 is 0 Å². The van der Waals surface area contributed by atoms with Gasteiger partial charge in [0.15, 0.2) is 0 Å². The Morgan fingerprint density at radius 1 is 0.279 bits per heavy atom. The third kappa shape index (κ3) is 25.2. The van der Waals surface area contributed by atoms with Crippen LogP contribution in [0.4, 0.5) is 132 Å². The van der Waals surface area contributed by atoms with Crippen LogP contribution in [0.5, 0.6) is 0 Å². The minimum atomic E-state index is -3.88. The van der Waals surface area contributed by atoms with Gasteiger partial charge in [0.05, 0.1) is 172 Å². The molecule has 0 aromatic heterocycles. The summed E-state index contributed by atoms with van der Waals surface area (Å²) in [5, 5.41) is -3.88. The summed E-state index contributed by atoms with van der Waals surface area (Å²) < 4.78 is 362. The summed E-state index contributed by atoms with van der Waals surface area (Å²) in [4.78, 5) is 0. The molecular weight excluding hydrogens is 1630 g/mol. The van der Waals surface area contributed by atoms with E-state index in [-0.39, 0.29) is 42.1 Å². The Labute approximate surface area is 505 Å². The Morgan fingerprint density at radius 3 is 0.547 bits per heavy atom. The monoisotopic (exact) mass is 1670 g/mol. The second-order valence-electron chi connectivity index (χ2n) is 16.1. The van der Waals surface area contributed by atoms with Crippen LogP contribution >= 0.6 is 11.6 Å². The van der Waals surface area contributed by atoms with Crippen LogP contribution in [0.3, 0.4) is 0 Å². The van der Waals surface area contributed by atoms with Crippen LogP contribution in [0.1, 0.15) is 79.1 Å². The molecule has 0 saturated heterocycles. The van der Waals surface area contributed by atoms with Crippen molar-refractivity contribution in [3.05, 3.63) is 207 Å². The van der Waals surface area contributed by atoms with E-state index in [4.69, 9.17) is 0 Å². The SMILES string of the molecule is CCCC[N+](CCCC)(CCCC)CCCC.F[C]1[C-][C](F)[C](F)C(F)(Cl)[C]1F.Fc1[c-]c(F)c(F)c(F)c1F.Fc1[c-]c(F)c(F)c(F)c1F.Fc1[c-]c(F)c(F)c(F)c1F.Fc1[c-]c(F)c(F)c(F)c1F.Fc1[c-]c(F)c(F)c(F)c1F.[Pt].[Pt]. The van der Waals surface area contributed by atoms with Gasteiger partial charge in [-0.2, -0.15) is 0 Å². The van der Waals surface area contributed by atoms with Crippen molar-refractivity contribution < 1.29 is 178 Å². The third-order valence-electron chi connectivity index (χ3n) is 10.1. The van der Waals surface area contributed by atoms with E-state index in [2.05, 4.69) is 39.3 Å². The molecular formula is C52H36ClF30NPt2-5. The van der Waals surface area contributed by atoms with E-state index < -0.39 is 175 Å². The number of benzene rings is 5. The van der Waals surface area contributed by atoms with E-state index in [9.17, 15) is 132 Å². The summed E-state index contributed by atoms with van der Waals surface area (Å²) in [6.07, 6.45) is 3.62. The zero-order valence-corrected chi connectivity index (χ0v) is 48.6. The van der Waals surface area contributed by atoms with Gasteiger partial charge in [0.25, 0.3) is 5.13 Å². The maximum Gasteiger partial charge on any atom is 0.258 e. The molecule has 1 saturated carbocycles. The minimum absolute atomic E-state index is 0. The van der Waals surface area contributed by atoms with Crippen LogP contribution in [0, 0.1) is 207 Å². The topological polar surface area (TPSA) is 0 Å². The maximum atomic E-state index is 12.5. The van der Waals surface area contributed by atoms with E-state index in [1.165, 1.54) is 82.0 Å². The molecule has 491 valence electrons. The molecule has 1 aliphatic rings. The second-order valence-corrected chi connectivity index (χ2v) is 16.6. The predicted molar refractivity (Wildman–Crippen MR) is 235 cm³/mol. The van der Waals surface area contributed by atoms with Gasteiger partial charge in [-0.15, -0.1) is 30.3 Å². The largest absolute Gasteiger partial charge is 0.389 e. The van der Waals surface area contributed by atoms with Gasteiger partial charge in [-0.1, -0.05) is 65.0 Å². The van der Waals surface area contributed by atoms with E-state index in [1.54, 1.807) is 0 Å². The molecule has 0 aliphatic heterocycles. The number of rotatable bonds is 12. The first kappa shape index (κ1) is 85.8. The molecule has 0 N–H and O–H groups in total. The molecule has 0 amide bonds. The van der Waals surface area contributed by atoms with Gasteiger partial charge in [0, 0.05) is 54.5 Å². The number of halogens is 31. The molecule has 0 atom stereocenters. The molecule has 1 nitrogen and oxygen atoms in total. The first-order valence-corrected chi connectivity index (χ1v) is 23.3. The Hall–Kier alpha value is -4.37. The number of hydrogen-bond donors (Lipinski definition) is 0. The van der Waals surface area contributed by atoms with E-state index in [0.29, 0.717) is 0 Å². The first-order chi connectivity index (χ1) is 38.8. The summed E-state index contributed by atoms with van der Waals surface area (Å²) in [7, 11) is 0. The zero-order valence-electron chi connectivity index (χ0n) is 43.3. The fourth-order valence-electron chi connectivity index (χ4n) is 5.70. The van der Waals surface area contributed by atoms with Crippen LogP contribution in [-0.2, 0) is 42.1 Å². The quantitative estimate of drug-likeness (QED) is 0.0292. The molecule has 5 radical (unpaired) electrons. The smallest absolute Gasteiger partial charge is 0.258 e. The summed E-state index contributed by atoms with van der Waals surface area (Å²) in [5.41, 5.74) is 0. The number of nitrogens with zero attached hydrogens (tertiary/aromatic N) is 1.